The highest BCUT2D eigenvalue weighted by Gasteiger charge is 2.15. The van der Waals surface area contributed by atoms with E-state index in [0.29, 0.717) is 19.2 Å². The van der Waals surface area contributed by atoms with Crippen molar-refractivity contribution in [2.45, 2.75) is 31.7 Å². The van der Waals surface area contributed by atoms with Gasteiger partial charge in [-0.2, -0.15) is 5.26 Å². The summed E-state index contributed by atoms with van der Waals surface area (Å²) in [7, 11) is 1.68. The molecule has 0 aliphatic carbocycles. The average Bonchev–Trinajstić information content (AvgIpc) is 2.22. The van der Waals surface area contributed by atoms with Gasteiger partial charge in [-0.25, -0.2) is 0 Å². The number of rotatable bonds is 7. The number of hydrogen-bond acceptors (Lipinski definition) is 3. The Labute approximate surface area is 91.6 Å². The predicted molar refractivity (Wildman–Crippen MR) is 58.5 cm³/mol. The molecule has 0 aliphatic heterocycles. The Kier molecular flexibility index (Phi) is 7.87. The number of nitrogens with zero attached hydrogens (tertiary/aromatic N) is 2. The first-order chi connectivity index (χ1) is 6.65. The summed E-state index contributed by atoms with van der Waals surface area (Å²) in [5.74, 6) is 0. The van der Waals surface area contributed by atoms with Crippen LogP contribution in [0.15, 0.2) is 0 Å². The van der Waals surface area contributed by atoms with Crippen molar-refractivity contribution in [3.05, 3.63) is 0 Å². The highest BCUT2D eigenvalue weighted by Crippen LogP contribution is 2.06. The Balaban J connectivity index is 4.04. The molecule has 0 heterocycles. The van der Waals surface area contributed by atoms with Crippen molar-refractivity contribution in [1.29, 1.82) is 5.26 Å². The molecule has 82 valence electrons. The van der Waals surface area contributed by atoms with Crippen LogP contribution < -0.4 is 0 Å². The Morgan fingerprint density at radius 2 is 2.21 bits per heavy atom. The molecule has 0 rings (SSSR count). The van der Waals surface area contributed by atoms with Crippen LogP contribution in [-0.4, -0.2) is 43.1 Å². The van der Waals surface area contributed by atoms with Crippen molar-refractivity contribution in [2.75, 3.05) is 26.8 Å². The van der Waals surface area contributed by atoms with Crippen LogP contribution in [0.3, 0.4) is 0 Å². The predicted octanol–water partition coefficient (Wildman–Crippen LogP) is 1.86. The van der Waals surface area contributed by atoms with Crippen LogP contribution >= 0.6 is 11.6 Å². The average molecular weight is 219 g/mol. The number of alkyl halides is 1. The van der Waals surface area contributed by atoms with Gasteiger partial charge in [-0.1, -0.05) is 6.92 Å². The Morgan fingerprint density at radius 3 is 2.64 bits per heavy atom. The van der Waals surface area contributed by atoms with E-state index in [4.69, 9.17) is 21.6 Å². The van der Waals surface area contributed by atoms with Crippen molar-refractivity contribution in [1.82, 2.24) is 4.90 Å². The highest BCUT2D eigenvalue weighted by atomic mass is 35.5. The first-order valence-corrected chi connectivity index (χ1v) is 5.36. The maximum absolute atomic E-state index is 8.62. The third kappa shape index (κ3) is 5.43. The van der Waals surface area contributed by atoms with E-state index in [9.17, 15) is 0 Å². The summed E-state index contributed by atoms with van der Waals surface area (Å²) in [4.78, 5) is 2.18. The van der Waals surface area contributed by atoms with E-state index in [1.54, 1.807) is 7.11 Å². The molecule has 0 spiro atoms. The second-order valence-corrected chi connectivity index (χ2v) is 3.87. The van der Waals surface area contributed by atoms with Gasteiger partial charge in [0.1, 0.15) is 5.38 Å². The van der Waals surface area contributed by atoms with E-state index in [2.05, 4.69) is 18.7 Å². The zero-order valence-electron chi connectivity index (χ0n) is 9.16. The minimum atomic E-state index is -0.430. The van der Waals surface area contributed by atoms with Gasteiger partial charge in [0.05, 0.1) is 12.7 Å². The van der Waals surface area contributed by atoms with E-state index in [1.165, 1.54) is 0 Å². The highest BCUT2D eigenvalue weighted by molar-refractivity contribution is 6.22. The number of methoxy groups -OCH3 is 1. The van der Waals surface area contributed by atoms with Crippen LogP contribution in [0.2, 0.25) is 0 Å². The zero-order valence-corrected chi connectivity index (χ0v) is 9.92. The fraction of sp³-hybridized carbons (Fsp3) is 0.900. The quantitative estimate of drug-likeness (QED) is 0.612. The number of nitriles is 1. The maximum Gasteiger partial charge on any atom is 0.133 e. The lowest BCUT2D eigenvalue weighted by molar-refractivity contribution is 0.125. The third-order valence-corrected chi connectivity index (χ3v) is 2.57. The zero-order chi connectivity index (χ0) is 11.0. The molecule has 0 bridgehead atoms. The van der Waals surface area contributed by atoms with Crippen LogP contribution in [0.25, 0.3) is 0 Å². The number of hydrogen-bond donors (Lipinski definition) is 0. The van der Waals surface area contributed by atoms with E-state index in [0.717, 1.165) is 13.0 Å². The molecule has 0 amide bonds. The SMILES string of the molecule is CCC(C)N(CCOC)CC(Cl)C#N. The standard InChI is InChI=1S/C10H19ClN2O/c1-4-9(2)13(5-6-14-3)8-10(11)7-12/h9-10H,4-6,8H2,1-3H3. The topological polar surface area (TPSA) is 36.3 Å². The van der Waals surface area contributed by atoms with Gasteiger partial charge in [-0.15, -0.1) is 11.6 Å². The molecule has 0 fully saturated rings. The Hall–Kier alpha value is -0.300. The lowest BCUT2D eigenvalue weighted by atomic mass is 10.2. The number of halogens is 1. The Morgan fingerprint density at radius 1 is 1.57 bits per heavy atom. The summed E-state index contributed by atoms with van der Waals surface area (Å²) in [5, 5.41) is 8.19. The molecule has 0 aromatic heterocycles. The summed E-state index contributed by atoms with van der Waals surface area (Å²) in [6.07, 6.45) is 1.05. The molecule has 0 aromatic carbocycles. The molecule has 3 nitrogen and oxygen atoms in total. The second kappa shape index (κ2) is 8.05. The van der Waals surface area contributed by atoms with Crippen LogP contribution in [0.4, 0.5) is 0 Å². The molecule has 0 aromatic rings. The van der Waals surface area contributed by atoms with Crippen molar-refractivity contribution >= 4 is 11.6 Å². The number of ether oxygens (including phenoxy) is 1. The van der Waals surface area contributed by atoms with Crippen LogP contribution in [0, 0.1) is 11.3 Å². The largest absolute Gasteiger partial charge is 0.383 e. The summed E-state index contributed by atoms with van der Waals surface area (Å²) in [5.41, 5.74) is 0. The van der Waals surface area contributed by atoms with E-state index in [-0.39, 0.29) is 0 Å². The van der Waals surface area contributed by atoms with E-state index < -0.39 is 5.38 Å². The summed E-state index contributed by atoms with van der Waals surface area (Å²) in [6.45, 7) is 6.38. The molecule has 0 aliphatic rings. The lowest BCUT2D eigenvalue weighted by Gasteiger charge is -2.28. The Bertz CT molecular complexity index is 181. The van der Waals surface area contributed by atoms with Gasteiger partial charge in [0.15, 0.2) is 0 Å². The molecule has 4 heteroatoms. The van der Waals surface area contributed by atoms with Gasteiger partial charge in [0, 0.05) is 26.2 Å². The normalized spacial score (nSPS) is 15.1. The van der Waals surface area contributed by atoms with Crippen LogP contribution in [0.5, 0.6) is 0 Å². The van der Waals surface area contributed by atoms with E-state index >= 15 is 0 Å². The van der Waals surface area contributed by atoms with Crippen LogP contribution in [0.1, 0.15) is 20.3 Å². The van der Waals surface area contributed by atoms with Gasteiger partial charge in [0.25, 0.3) is 0 Å². The molecule has 14 heavy (non-hydrogen) atoms. The minimum Gasteiger partial charge on any atom is -0.383 e. The molecule has 2 atom stereocenters. The molecule has 0 N–H and O–H groups in total. The van der Waals surface area contributed by atoms with Crippen molar-refractivity contribution in [3.63, 3.8) is 0 Å². The smallest absolute Gasteiger partial charge is 0.133 e. The van der Waals surface area contributed by atoms with Gasteiger partial charge in [0.2, 0.25) is 0 Å². The third-order valence-electron chi connectivity index (χ3n) is 2.33. The monoisotopic (exact) mass is 218 g/mol. The maximum atomic E-state index is 8.62. The first kappa shape index (κ1) is 13.7. The molecule has 0 saturated carbocycles. The van der Waals surface area contributed by atoms with Crippen molar-refractivity contribution < 1.29 is 4.74 Å². The van der Waals surface area contributed by atoms with Crippen LogP contribution in [-0.2, 0) is 4.74 Å². The fourth-order valence-electron chi connectivity index (χ4n) is 1.21. The van der Waals surface area contributed by atoms with Gasteiger partial charge < -0.3 is 4.74 Å². The minimum absolute atomic E-state index is 0.430. The van der Waals surface area contributed by atoms with Gasteiger partial charge in [-0.05, 0) is 13.3 Å². The summed E-state index contributed by atoms with van der Waals surface area (Å²) in [6, 6.07) is 2.48. The van der Waals surface area contributed by atoms with Gasteiger partial charge in [-0.3, -0.25) is 4.90 Å². The van der Waals surface area contributed by atoms with E-state index in [1.807, 2.05) is 6.07 Å². The van der Waals surface area contributed by atoms with Crippen molar-refractivity contribution in [3.8, 4) is 6.07 Å². The summed E-state index contributed by atoms with van der Waals surface area (Å²) < 4.78 is 5.01. The first-order valence-electron chi connectivity index (χ1n) is 4.92. The molecular weight excluding hydrogens is 200 g/mol. The second-order valence-electron chi connectivity index (χ2n) is 3.34. The molecule has 0 radical (unpaired) electrons. The summed E-state index contributed by atoms with van der Waals surface area (Å²) >= 11 is 5.80. The van der Waals surface area contributed by atoms with Crippen molar-refractivity contribution in [2.24, 2.45) is 0 Å². The molecular formula is C10H19ClN2O. The fourth-order valence-corrected chi connectivity index (χ4v) is 1.38. The van der Waals surface area contributed by atoms with Gasteiger partial charge >= 0.3 is 0 Å². The lowest BCUT2D eigenvalue weighted by Crippen LogP contribution is -2.39. The molecule has 0 saturated heterocycles. The molecule has 2 unspecified atom stereocenters.